The zero-order valence-corrected chi connectivity index (χ0v) is 14.7. The molecule has 1 saturated carbocycles. The molecule has 0 bridgehead atoms. The van der Waals surface area contributed by atoms with Crippen LogP contribution < -0.4 is 10.1 Å². The highest BCUT2D eigenvalue weighted by Gasteiger charge is 2.41. The molecule has 6 nitrogen and oxygen atoms in total. The van der Waals surface area contributed by atoms with Crippen LogP contribution in [0.2, 0.25) is 0 Å². The summed E-state index contributed by atoms with van der Waals surface area (Å²) in [5, 5.41) is 14.0. The third-order valence-corrected chi connectivity index (χ3v) is 4.02. The molecule has 1 N–H and O–H groups in total. The van der Waals surface area contributed by atoms with E-state index in [4.69, 9.17) is 4.74 Å². The normalized spacial score (nSPS) is 14.0. The number of nitrogens with one attached hydrogen (secondary N) is 1. The molecule has 1 heterocycles. The Morgan fingerprint density at radius 3 is 2.42 bits per heavy atom. The van der Waals surface area contributed by atoms with E-state index in [9.17, 15) is 10.1 Å². The van der Waals surface area contributed by atoms with Crippen molar-refractivity contribution in [2.45, 2.75) is 18.4 Å². The lowest BCUT2D eigenvalue weighted by Gasteiger charge is -2.15. The van der Waals surface area contributed by atoms with Crippen molar-refractivity contribution in [1.29, 1.82) is 0 Å². The van der Waals surface area contributed by atoms with Crippen molar-refractivity contribution >= 4 is 30.5 Å². The summed E-state index contributed by atoms with van der Waals surface area (Å²) >= 11 is 0. The number of nitrogens with zero attached hydrogens (tertiary/aromatic N) is 2. The molecular weight excluding hydrogens is 353 g/mol. The molecule has 0 radical (unpaired) electrons. The maximum atomic E-state index is 10.7. The van der Waals surface area contributed by atoms with Crippen LogP contribution >= 0.6 is 24.8 Å². The third-order valence-electron chi connectivity index (χ3n) is 4.02. The smallest absolute Gasteiger partial charge is 0.269 e. The summed E-state index contributed by atoms with van der Waals surface area (Å²) < 4.78 is 5.82. The molecule has 2 aromatic rings. The predicted molar refractivity (Wildman–Crippen MR) is 97.3 cm³/mol. The Hall–Kier alpha value is -1.89. The SMILES string of the molecule is CNC1(COc2cncc(-c3ccc([N+](=O)[O-])cc3)c2)CC1.Cl.Cl. The van der Waals surface area contributed by atoms with Gasteiger partial charge in [-0.25, -0.2) is 0 Å². The maximum Gasteiger partial charge on any atom is 0.269 e. The number of non-ortho nitro benzene ring substituents is 1. The average Bonchev–Trinajstić information content (AvgIpc) is 3.34. The highest BCUT2D eigenvalue weighted by Crippen LogP contribution is 2.35. The molecule has 0 spiro atoms. The zero-order valence-electron chi connectivity index (χ0n) is 13.1. The zero-order chi connectivity index (χ0) is 15.6. The monoisotopic (exact) mass is 371 g/mol. The van der Waals surface area contributed by atoms with Gasteiger partial charge in [0.2, 0.25) is 0 Å². The predicted octanol–water partition coefficient (Wildman–Crippen LogP) is 3.63. The number of benzene rings is 1. The van der Waals surface area contributed by atoms with Crippen molar-refractivity contribution < 1.29 is 9.66 Å². The number of pyridine rings is 1. The van der Waals surface area contributed by atoms with Crippen LogP contribution in [0, 0.1) is 10.1 Å². The molecule has 0 unspecified atom stereocenters. The lowest BCUT2D eigenvalue weighted by atomic mass is 10.1. The largest absolute Gasteiger partial charge is 0.490 e. The number of nitro benzene ring substituents is 1. The summed E-state index contributed by atoms with van der Waals surface area (Å²) in [6.45, 7) is 0.620. The van der Waals surface area contributed by atoms with Crippen molar-refractivity contribution in [3.05, 3.63) is 52.8 Å². The summed E-state index contributed by atoms with van der Waals surface area (Å²) in [6, 6.07) is 8.32. The molecule has 0 saturated heterocycles. The second kappa shape index (κ2) is 8.28. The first-order valence-corrected chi connectivity index (χ1v) is 7.13. The molecule has 130 valence electrons. The molecule has 0 aliphatic heterocycles. The average molecular weight is 372 g/mol. The minimum atomic E-state index is -0.408. The van der Waals surface area contributed by atoms with Crippen LogP contribution in [0.25, 0.3) is 11.1 Å². The van der Waals surface area contributed by atoms with Gasteiger partial charge in [0, 0.05) is 23.9 Å². The summed E-state index contributed by atoms with van der Waals surface area (Å²) in [5.41, 5.74) is 1.94. The first kappa shape index (κ1) is 20.2. The fourth-order valence-electron chi connectivity index (χ4n) is 2.27. The summed E-state index contributed by atoms with van der Waals surface area (Å²) in [7, 11) is 1.95. The van der Waals surface area contributed by atoms with E-state index >= 15 is 0 Å². The molecule has 1 aliphatic rings. The topological polar surface area (TPSA) is 77.3 Å². The van der Waals surface area contributed by atoms with Crippen LogP contribution in [0.15, 0.2) is 42.7 Å². The van der Waals surface area contributed by atoms with Gasteiger partial charge >= 0.3 is 0 Å². The Labute approximate surface area is 152 Å². The van der Waals surface area contributed by atoms with Gasteiger partial charge in [-0.3, -0.25) is 15.1 Å². The molecule has 0 amide bonds. The highest BCUT2D eigenvalue weighted by molar-refractivity contribution is 5.85. The summed E-state index contributed by atoms with van der Waals surface area (Å²) in [5.74, 6) is 0.706. The number of rotatable bonds is 6. The van der Waals surface area contributed by atoms with Gasteiger partial charge in [0.05, 0.1) is 16.7 Å². The second-order valence-corrected chi connectivity index (χ2v) is 5.53. The fraction of sp³-hybridized carbons (Fsp3) is 0.312. The lowest BCUT2D eigenvalue weighted by Crippen LogP contribution is -2.33. The Kier molecular flexibility index (Phi) is 6.95. The Bertz CT molecular complexity index is 691. The van der Waals surface area contributed by atoms with E-state index in [1.54, 1.807) is 24.5 Å². The summed E-state index contributed by atoms with van der Waals surface area (Å²) in [4.78, 5) is 14.5. The summed E-state index contributed by atoms with van der Waals surface area (Å²) in [6.07, 6.45) is 5.65. The minimum Gasteiger partial charge on any atom is -0.490 e. The van der Waals surface area contributed by atoms with Crippen molar-refractivity contribution in [3.8, 4) is 16.9 Å². The Morgan fingerprint density at radius 1 is 1.21 bits per heavy atom. The second-order valence-electron chi connectivity index (χ2n) is 5.53. The van der Waals surface area contributed by atoms with Crippen LogP contribution in [-0.2, 0) is 0 Å². The van der Waals surface area contributed by atoms with Crippen LogP contribution in [0.5, 0.6) is 5.75 Å². The fourth-order valence-corrected chi connectivity index (χ4v) is 2.27. The number of hydrogen-bond acceptors (Lipinski definition) is 5. The number of aromatic nitrogens is 1. The van der Waals surface area contributed by atoms with E-state index < -0.39 is 4.92 Å². The van der Waals surface area contributed by atoms with Crippen molar-refractivity contribution in [2.75, 3.05) is 13.7 Å². The van der Waals surface area contributed by atoms with E-state index in [2.05, 4.69) is 10.3 Å². The lowest BCUT2D eigenvalue weighted by molar-refractivity contribution is -0.384. The van der Waals surface area contributed by atoms with Crippen LogP contribution in [0.1, 0.15) is 12.8 Å². The third kappa shape index (κ3) is 4.56. The van der Waals surface area contributed by atoms with Gasteiger partial charge in [0.25, 0.3) is 5.69 Å². The van der Waals surface area contributed by atoms with Gasteiger partial charge in [-0.15, -0.1) is 24.8 Å². The molecule has 1 aromatic heterocycles. The Morgan fingerprint density at radius 2 is 1.88 bits per heavy atom. The van der Waals surface area contributed by atoms with Gasteiger partial charge < -0.3 is 10.1 Å². The van der Waals surface area contributed by atoms with Crippen molar-refractivity contribution in [1.82, 2.24) is 10.3 Å². The standard InChI is InChI=1S/C16H17N3O3.2ClH/c1-17-16(6-7-16)11-22-15-8-13(9-18-10-15)12-2-4-14(5-3-12)19(20)21;;/h2-5,8-10,17H,6-7,11H2,1H3;2*1H. The maximum absolute atomic E-state index is 10.7. The number of ether oxygens (including phenoxy) is 1. The molecule has 0 atom stereocenters. The van der Waals surface area contributed by atoms with Gasteiger partial charge in [-0.05, 0) is 43.7 Å². The molecule has 1 fully saturated rings. The molecule has 3 rings (SSSR count). The van der Waals surface area contributed by atoms with Crippen molar-refractivity contribution in [2.24, 2.45) is 0 Å². The van der Waals surface area contributed by atoms with Crippen LogP contribution in [0.4, 0.5) is 5.69 Å². The Balaban J connectivity index is 0.00000144. The van der Waals surface area contributed by atoms with Gasteiger partial charge in [-0.1, -0.05) is 0 Å². The van der Waals surface area contributed by atoms with Crippen LogP contribution in [0.3, 0.4) is 0 Å². The molecule has 8 heteroatoms. The van der Waals surface area contributed by atoms with E-state index in [-0.39, 0.29) is 36.0 Å². The van der Waals surface area contributed by atoms with E-state index in [1.165, 1.54) is 12.1 Å². The highest BCUT2D eigenvalue weighted by atomic mass is 35.5. The number of likely N-dealkylation sites (N-methyl/N-ethyl adjacent to an activating group) is 1. The number of nitro groups is 1. The van der Waals surface area contributed by atoms with Crippen LogP contribution in [-0.4, -0.2) is 29.1 Å². The molecular formula is C16H19Cl2N3O3. The molecule has 1 aromatic carbocycles. The van der Waals surface area contributed by atoms with Gasteiger partial charge in [0.15, 0.2) is 0 Å². The van der Waals surface area contributed by atoms with Gasteiger partial charge in [0.1, 0.15) is 12.4 Å². The first-order chi connectivity index (χ1) is 10.6. The quantitative estimate of drug-likeness (QED) is 0.619. The minimum absolute atomic E-state index is 0. The van der Waals surface area contributed by atoms with E-state index in [0.717, 1.165) is 24.0 Å². The van der Waals surface area contributed by atoms with Crippen molar-refractivity contribution in [3.63, 3.8) is 0 Å². The molecule has 24 heavy (non-hydrogen) atoms. The number of halogens is 2. The van der Waals surface area contributed by atoms with Gasteiger partial charge in [-0.2, -0.15) is 0 Å². The molecule has 1 aliphatic carbocycles. The van der Waals surface area contributed by atoms with E-state index in [0.29, 0.717) is 12.4 Å². The first-order valence-electron chi connectivity index (χ1n) is 7.13. The number of hydrogen-bond donors (Lipinski definition) is 1. The van der Waals surface area contributed by atoms with E-state index in [1.807, 2.05) is 13.1 Å².